The summed E-state index contributed by atoms with van der Waals surface area (Å²) in [5, 5.41) is 12.9. The topological polar surface area (TPSA) is 63.6 Å². The van der Waals surface area contributed by atoms with Gasteiger partial charge in [-0.3, -0.25) is 0 Å². The van der Waals surface area contributed by atoms with Crippen LogP contribution in [-0.4, -0.2) is 43.6 Å². The molecule has 1 aromatic heterocycles. The van der Waals surface area contributed by atoms with E-state index in [1.807, 2.05) is 30.3 Å². The number of hydrogen-bond donors (Lipinski definition) is 2. The number of aromatic nitrogens is 1. The maximum absolute atomic E-state index is 8.58. The van der Waals surface area contributed by atoms with Crippen LogP contribution in [0.2, 0.25) is 0 Å². The van der Waals surface area contributed by atoms with Crippen LogP contribution in [0.25, 0.3) is 10.9 Å². The van der Waals surface area contributed by atoms with Crippen molar-refractivity contribution in [2.45, 2.75) is 6.54 Å². The van der Waals surface area contributed by atoms with E-state index in [1.165, 1.54) is 0 Å². The number of nitrogens with zero attached hydrogens (tertiary/aromatic N) is 1. The lowest BCUT2D eigenvalue weighted by Gasteiger charge is -2.08. The number of aliphatic hydroxyl groups excluding tert-OH is 1. The van der Waals surface area contributed by atoms with Gasteiger partial charge in [0, 0.05) is 18.5 Å². The third kappa shape index (κ3) is 3.90. The predicted molar refractivity (Wildman–Crippen MR) is 77.9 cm³/mol. The van der Waals surface area contributed by atoms with Crippen LogP contribution in [0.3, 0.4) is 0 Å². The highest BCUT2D eigenvalue weighted by atomic mass is 16.5. The van der Waals surface area contributed by atoms with Crippen LogP contribution >= 0.6 is 0 Å². The fourth-order valence-electron chi connectivity index (χ4n) is 1.95. The molecule has 5 heteroatoms. The summed E-state index contributed by atoms with van der Waals surface area (Å²) in [6.07, 6.45) is 0. The molecule has 2 rings (SSSR count). The van der Waals surface area contributed by atoms with Gasteiger partial charge in [0.25, 0.3) is 0 Å². The molecule has 108 valence electrons. The molecule has 0 aliphatic carbocycles. The van der Waals surface area contributed by atoms with Gasteiger partial charge in [0.15, 0.2) is 0 Å². The van der Waals surface area contributed by atoms with Gasteiger partial charge in [0.2, 0.25) is 0 Å². The van der Waals surface area contributed by atoms with E-state index in [1.54, 1.807) is 7.11 Å². The molecule has 0 saturated carbocycles. The Morgan fingerprint density at radius 2 is 2.10 bits per heavy atom. The van der Waals surface area contributed by atoms with Crippen molar-refractivity contribution in [2.75, 3.05) is 33.5 Å². The van der Waals surface area contributed by atoms with Crippen molar-refractivity contribution in [3.63, 3.8) is 0 Å². The number of para-hydroxylation sites is 1. The molecular weight excluding hydrogens is 256 g/mol. The van der Waals surface area contributed by atoms with E-state index in [9.17, 15) is 0 Å². The van der Waals surface area contributed by atoms with Crippen molar-refractivity contribution in [3.05, 3.63) is 36.0 Å². The van der Waals surface area contributed by atoms with Crippen LogP contribution in [0.5, 0.6) is 5.75 Å². The molecule has 0 aliphatic heterocycles. The second kappa shape index (κ2) is 7.79. The molecule has 0 bridgehead atoms. The number of hydrogen-bond acceptors (Lipinski definition) is 5. The van der Waals surface area contributed by atoms with Gasteiger partial charge in [-0.25, -0.2) is 4.98 Å². The first-order valence-electron chi connectivity index (χ1n) is 6.67. The Morgan fingerprint density at radius 1 is 1.20 bits per heavy atom. The first-order chi connectivity index (χ1) is 9.85. The molecule has 2 N–H and O–H groups in total. The molecule has 0 fully saturated rings. The van der Waals surface area contributed by atoms with Crippen molar-refractivity contribution < 1.29 is 14.6 Å². The number of rotatable bonds is 8. The van der Waals surface area contributed by atoms with Crippen molar-refractivity contribution in [1.82, 2.24) is 10.3 Å². The van der Waals surface area contributed by atoms with Crippen molar-refractivity contribution in [2.24, 2.45) is 0 Å². The normalized spacial score (nSPS) is 10.9. The summed E-state index contributed by atoms with van der Waals surface area (Å²) in [5.74, 6) is 0.788. The third-order valence-corrected chi connectivity index (χ3v) is 2.93. The van der Waals surface area contributed by atoms with E-state index in [4.69, 9.17) is 14.6 Å². The number of fused-ring (bicyclic) bond motifs is 1. The Morgan fingerprint density at radius 3 is 2.90 bits per heavy atom. The van der Waals surface area contributed by atoms with E-state index in [0.717, 1.165) is 28.9 Å². The van der Waals surface area contributed by atoms with Gasteiger partial charge < -0.3 is 19.9 Å². The van der Waals surface area contributed by atoms with Gasteiger partial charge in [-0.1, -0.05) is 18.2 Å². The fourth-order valence-corrected chi connectivity index (χ4v) is 1.95. The minimum Gasteiger partial charge on any atom is -0.494 e. The van der Waals surface area contributed by atoms with Crippen LogP contribution in [0.1, 0.15) is 5.69 Å². The van der Waals surface area contributed by atoms with Gasteiger partial charge in [-0.05, 0) is 12.1 Å². The van der Waals surface area contributed by atoms with Crippen LogP contribution in [0.15, 0.2) is 30.3 Å². The highest BCUT2D eigenvalue weighted by Gasteiger charge is 2.03. The Labute approximate surface area is 118 Å². The largest absolute Gasteiger partial charge is 0.494 e. The maximum atomic E-state index is 8.58. The van der Waals surface area contributed by atoms with Gasteiger partial charge >= 0.3 is 0 Å². The van der Waals surface area contributed by atoms with Crippen molar-refractivity contribution in [1.29, 1.82) is 0 Å². The molecule has 0 amide bonds. The molecule has 0 spiro atoms. The number of methoxy groups -OCH3 is 1. The van der Waals surface area contributed by atoms with E-state index in [-0.39, 0.29) is 6.61 Å². The lowest BCUT2D eigenvalue weighted by molar-refractivity contribution is 0.0937. The van der Waals surface area contributed by atoms with Gasteiger partial charge in [0.05, 0.1) is 32.6 Å². The summed E-state index contributed by atoms with van der Waals surface area (Å²) in [5.41, 5.74) is 1.84. The number of pyridine rings is 1. The lowest BCUT2D eigenvalue weighted by Crippen LogP contribution is -2.20. The van der Waals surface area contributed by atoms with Crippen molar-refractivity contribution >= 4 is 10.9 Å². The molecule has 1 aromatic carbocycles. The van der Waals surface area contributed by atoms with E-state index in [0.29, 0.717) is 19.8 Å². The van der Waals surface area contributed by atoms with Crippen LogP contribution in [-0.2, 0) is 11.3 Å². The Kier molecular flexibility index (Phi) is 5.73. The zero-order valence-corrected chi connectivity index (χ0v) is 11.6. The second-order valence-electron chi connectivity index (χ2n) is 4.35. The highest BCUT2D eigenvalue weighted by Crippen LogP contribution is 2.23. The summed E-state index contributed by atoms with van der Waals surface area (Å²) in [6, 6.07) is 9.94. The standard InChI is InChI=1S/C15H20N2O3/c1-19-14-4-2-3-12-5-6-13(17-15(12)14)11-16-7-9-20-10-8-18/h2-6,16,18H,7-11H2,1H3. The van der Waals surface area contributed by atoms with E-state index in [2.05, 4.69) is 10.3 Å². The average Bonchev–Trinajstić information content (AvgIpc) is 2.50. The van der Waals surface area contributed by atoms with Crippen LogP contribution < -0.4 is 10.1 Å². The molecule has 0 radical (unpaired) electrons. The third-order valence-electron chi connectivity index (χ3n) is 2.93. The molecule has 2 aromatic rings. The average molecular weight is 276 g/mol. The molecule has 20 heavy (non-hydrogen) atoms. The summed E-state index contributed by atoms with van der Waals surface area (Å²) in [4.78, 5) is 4.61. The highest BCUT2D eigenvalue weighted by molar-refractivity contribution is 5.84. The predicted octanol–water partition coefficient (Wildman–Crippen LogP) is 1.34. The molecule has 0 aliphatic rings. The smallest absolute Gasteiger partial charge is 0.145 e. The minimum atomic E-state index is 0.0615. The quantitative estimate of drug-likeness (QED) is 0.712. The Hall–Kier alpha value is -1.69. The monoisotopic (exact) mass is 276 g/mol. The zero-order valence-electron chi connectivity index (χ0n) is 11.6. The first kappa shape index (κ1) is 14.7. The summed E-state index contributed by atoms with van der Waals surface area (Å²) in [7, 11) is 1.65. The fraction of sp³-hybridized carbons (Fsp3) is 0.400. The molecule has 0 unspecified atom stereocenters. The number of nitrogens with one attached hydrogen (secondary N) is 1. The van der Waals surface area contributed by atoms with Gasteiger partial charge in [0.1, 0.15) is 11.3 Å². The minimum absolute atomic E-state index is 0.0615. The zero-order chi connectivity index (χ0) is 14.2. The molecular formula is C15H20N2O3. The molecule has 0 atom stereocenters. The van der Waals surface area contributed by atoms with Crippen LogP contribution in [0, 0.1) is 0 Å². The second-order valence-corrected chi connectivity index (χ2v) is 4.35. The number of aliphatic hydroxyl groups is 1. The maximum Gasteiger partial charge on any atom is 0.145 e. The van der Waals surface area contributed by atoms with E-state index >= 15 is 0 Å². The van der Waals surface area contributed by atoms with E-state index < -0.39 is 0 Å². The Bertz CT molecular complexity index is 546. The van der Waals surface area contributed by atoms with Gasteiger partial charge in [-0.2, -0.15) is 0 Å². The summed E-state index contributed by atoms with van der Waals surface area (Å²) < 4.78 is 10.5. The lowest BCUT2D eigenvalue weighted by atomic mass is 10.2. The Balaban J connectivity index is 1.94. The molecule has 1 heterocycles. The number of benzene rings is 1. The van der Waals surface area contributed by atoms with Gasteiger partial charge in [-0.15, -0.1) is 0 Å². The SMILES string of the molecule is COc1cccc2ccc(CNCCOCCO)nc12. The summed E-state index contributed by atoms with van der Waals surface area (Å²) in [6.45, 7) is 2.43. The first-order valence-corrected chi connectivity index (χ1v) is 6.67. The number of ether oxygens (including phenoxy) is 2. The van der Waals surface area contributed by atoms with Crippen LogP contribution in [0.4, 0.5) is 0 Å². The summed E-state index contributed by atoms with van der Waals surface area (Å²) >= 11 is 0. The van der Waals surface area contributed by atoms with Crippen molar-refractivity contribution in [3.8, 4) is 5.75 Å². The molecule has 5 nitrogen and oxygen atoms in total. The molecule has 0 saturated heterocycles.